The monoisotopic (exact) mass is 254 g/mol. The first-order valence-electron chi connectivity index (χ1n) is 5.75. The van der Waals surface area contributed by atoms with E-state index >= 15 is 0 Å². The highest BCUT2D eigenvalue weighted by molar-refractivity contribution is 7.91. The van der Waals surface area contributed by atoms with Gasteiger partial charge in [0.05, 0.1) is 16.3 Å². The van der Waals surface area contributed by atoms with Crippen molar-refractivity contribution in [3.63, 3.8) is 0 Å². The van der Waals surface area contributed by atoms with E-state index in [2.05, 4.69) is 4.90 Å². The molecule has 0 amide bonds. The van der Waals surface area contributed by atoms with Gasteiger partial charge in [0.2, 0.25) is 0 Å². The van der Waals surface area contributed by atoms with Crippen molar-refractivity contribution in [2.45, 2.75) is 18.7 Å². The van der Waals surface area contributed by atoms with E-state index < -0.39 is 9.84 Å². The second-order valence-corrected chi connectivity index (χ2v) is 6.60. The topological polar surface area (TPSA) is 63.4 Å². The lowest BCUT2D eigenvalue weighted by molar-refractivity contribution is 0.589. The molecule has 0 spiro atoms. The third kappa shape index (κ3) is 2.17. The van der Waals surface area contributed by atoms with Gasteiger partial charge in [0.25, 0.3) is 0 Å². The average Bonchev–Trinajstić information content (AvgIpc) is 2.22. The van der Waals surface area contributed by atoms with Crippen molar-refractivity contribution in [2.75, 3.05) is 30.3 Å². The van der Waals surface area contributed by atoms with Crippen LogP contribution in [0.2, 0.25) is 0 Å². The smallest absolute Gasteiger partial charge is 0.182 e. The Labute approximate surface area is 102 Å². The van der Waals surface area contributed by atoms with E-state index in [1.807, 2.05) is 19.9 Å². The van der Waals surface area contributed by atoms with Crippen molar-refractivity contribution < 1.29 is 8.42 Å². The van der Waals surface area contributed by atoms with Gasteiger partial charge in [-0.2, -0.15) is 0 Å². The van der Waals surface area contributed by atoms with E-state index in [-0.39, 0.29) is 5.75 Å². The molecular weight excluding hydrogens is 236 g/mol. The molecule has 0 fully saturated rings. The first kappa shape index (κ1) is 12.4. The number of anilines is 1. The summed E-state index contributed by atoms with van der Waals surface area (Å²) in [4.78, 5) is 2.54. The Morgan fingerprint density at radius 2 is 2.06 bits per heavy atom. The third-order valence-electron chi connectivity index (χ3n) is 3.09. The van der Waals surface area contributed by atoms with Crippen LogP contribution in [0, 0.1) is 13.8 Å². The Bertz CT molecular complexity index is 538. The van der Waals surface area contributed by atoms with E-state index in [1.165, 1.54) is 0 Å². The molecule has 1 aromatic rings. The number of sulfone groups is 1. The van der Waals surface area contributed by atoms with Crippen molar-refractivity contribution in [3.05, 3.63) is 23.3 Å². The van der Waals surface area contributed by atoms with E-state index in [1.54, 1.807) is 6.07 Å². The van der Waals surface area contributed by atoms with Gasteiger partial charge in [-0.25, -0.2) is 8.42 Å². The summed E-state index contributed by atoms with van der Waals surface area (Å²) < 4.78 is 24.1. The second-order valence-electron chi connectivity index (χ2n) is 4.52. The Morgan fingerprint density at radius 1 is 1.35 bits per heavy atom. The molecule has 1 aliphatic heterocycles. The molecule has 0 atom stereocenters. The predicted molar refractivity (Wildman–Crippen MR) is 69.2 cm³/mol. The maximum Gasteiger partial charge on any atom is 0.182 e. The van der Waals surface area contributed by atoms with Gasteiger partial charge in [0.1, 0.15) is 0 Å². The summed E-state index contributed by atoms with van der Waals surface area (Å²) in [7, 11) is -3.12. The Morgan fingerprint density at radius 3 is 2.71 bits per heavy atom. The van der Waals surface area contributed by atoms with Gasteiger partial charge in [-0.3, -0.25) is 0 Å². The normalized spacial score (nSPS) is 17.9. The summed E-state index contributed by atoms with van der Waals surface area (Å²) in [6, 6.07) is 3.78. The number of benzene rings is 1. The van der Waals surface area contributed by atoms with Crippen molar-refractivity contribution in [3.8, 4) is 0 Å². The predicted octanol–water partition coefficient (Wildman–Crippen LogP) is 0.856. The molecule has 0 saturated heterocycles. The van der Waals surface area contributed by atoms with Crippen LogP contribution < -0.4 is 10.6 Å². The summed E-state index contributed by atoms with van der Waals surface area (Å²) >= 11 is 0. The van der Waals surface area contributed by atoms with Crippen LogP contribution in [0.5, 0.6) is 0 Å². The molecule has 2 N–H and O–H groups in total. The van der Waals surface area contributed by atoms with Crippen LogP contribution in [-0.2, 0) is 9.84 Å². The average molecular weight is 254 g/mol. The van der Waals surface area contributed by atoms with Gasteiger partial charge in [-0.15, -0.1) is 0 Å². The van der Waals surface area contributed by atoms with E-state index in [4.69, 9.17) is 5.73 Å². The van der Waals surface area contributed by atoms with Crippen molar-refractivity contribution >= 4 is 15.5 Å². The van der Waals surface area contributed by atoms with Crippen LogP contribution in [0.1, 0.15) is 11.1 Å². The van der Waals surface area contributed by atoms with Crippen LogP contribution in [-0.4, -0.2) is 33.8 Å². The lowest BCUT2D eigenvalue weighted by atomic mass is 10.1. The van der Waals surface area contributed by atoms with Gasteiger partial charge in [-0.05, 0) is 31.0 Å². The standard InChI is InChI=1S/C12H18N2O2S/c1-9-7-10(2)12-11(8-9)17(15,16)6-5-14(12)4-3-13/h7-8H,3-6,13H2,1-2H3. The minimum absolute atomic E-state index is 0.183. The largest absolute Gasteiger partial charge is 0.368 e. The molecule has 94 valence electrons. The fourth-order valence-electron chi connectivity index (χ4n) is 2.39. The minimum Gasteiger partial charge on any atom is -0.368 e. The molecule has 17 heavy (non-hydrogen) atoms. The van der Waals surface area contributed by atoms with Crippen molar-refractivity contribution in [1.29, 1.82) is 0 Å². The van der Waals surface area contributed by atoms with Gasteiger partial charge < -0.3 is 10.6 Å². The molecule has 2 rings (SSSR count). The number of hydrogen-bond donors (Lipinski definition) is 1. The van der Waals surface area contributed by atoms with Crippen LogP contribution in [0.15, 0.2) is 17.0 Å². The number of fused-ring (bicyclic) bond motifs is 1. The summed E-state index contributed by atoms with van der Waals surface area (Å²) in [5.74, 6) is 0.183. The Hall–Kier alpha value is -1.07. The van der Waals surface area contributed by atoms with Gasteiger partial charge in [0.15, 0.2) is 9.84 Å². The number of nitrogens with zero attached hydrogens (tertiary/aromatic N) is 1. The number of aryl methyl sites for hydroxylation is 2. The minimum atomic E-state index is -3.12. The van der Waals surface area contributed by atoms with Crippen molar-refractivity contribution in [1.82, 2.24) is 0 Å². The van der Waals surface area contributed by atoms with Crippen molar-refractivity contribution in [2.24, 2.45) is 5.73 Å². The molecule has 1 heterocycles. The zero-order valence-electron chi connectivity index (χ0n) is 10.2. The SMILES string of the molecule is Cc1cc(C)c2c(c1)S(=O)(=O)CCN2CCN. The molecule has 0 aromatic heterocycles. The molecule has 0 bridgehead atoms. The van der Waals surface area contributed by atoms with Gasteiger partial charge in [-0.1, -0.05) is 6.07 Å². The highest BCUT2D eigenvalue weighted by Gasteiger charge is 2.29. The molecule has 0 radical (unpaired) electrons. The van der Waals surface area contributed by atoms with E-state index in [0.29, 0.717) is 24.5 Å². The maximum absolute atomic E-state index is 12.1. The summed E-state index contributed by atoms with van der Waals surface area (Å²) in [5, 5.41) is 0. The van der Waals surface area contributed by atoms with Crippen LogP contribution >= 0.6 is 0 Å². The molecular formula is C12H18N2O2S. The zero-order chi connectivity index (χ0) is 12.6. The first-order chi connectivity index (χ1) is 7.95. The number of hydrogen-bond acceptors (Lipinski definition) is 4. The first-order valence-corrected chi connectivity index (χ1v) is 7.40. The number of nitrogens with two attached hydrogens (primary N) is 1. The molecule has 1 aromatic carbocycles. The number of rotatable bonds is 2. The quantitative estimate of drug-likeness (QED) is 0.850. The van der Waals surface area contributed by atoms with E-state index in [0.717, 1.165) is 16.8 Å². The molecule has 0 aliphatic carbocycles. The lowest BCUT2D eigenvalue weighted by Crippen LogP contribution is -2.39. The highest BCUT2D eigenvalue weighted by atomic mass is 32.2. The zero-order valence-corrected chi connectivity index (χ0v) is 11.0. The molecule has 5 heteroatoms. The van der Waals surface area contributed by atoms with Crippen LogP contribution in [0.4, 0.5) is 5.69 Å². The third-order valence-corrected chi connectivity index (χ3v) is 4.79. The second kappa shape index (κ2) is 4.31. The lowest BCUT2D eigenvalue weighted by Gasteiger charge is -2.32. The molecule has 0 saturated carbocycles. The molecule has 4 nitrogen and oxygen atoms in total. The maximum atomic E-state index is 12.1. The summed E-state index contributed by atoms with van der Waals surface area (Å²) in [6.07, 6.45) is 0. The molecule has 0 unspecified atom stereocenters. The Balaban J connectivity index is 2.64. The fourth-order valence-corrected chi connectivity index (χ4v) is 4.03. The Kier molecular flexibility index (Phi) is 3.14. The van der Waals surface area contributed by atoms with Gasteiger partial charge >= 0.3 is 0 Å². The molecule has 1 aliphatic rings. The highest BCUT2D eigenvalue weighted by Crippen LogP contribution is 2.34. The summed E-state index contributed by atoms with van der Waals surface area (Å²) in [5.41, 5.74) is 8.41. The van der Waals surface area contributed by atoms with Gasteiger partial charge in [0, 0.05) is 19.6 Å². The van der Waals surface area contributed by atoms with Crippen LogP contribution in [0.25, 0.3) is 0 Å². The summed E-state index contributed by atoms with van der Waals surface area (Å²) in [6.45, 7) is 5.65. The van der Waals surface area contributed by atoms with E-state index in [9.17, 15) is 8.42 Å². The fraction of sp³-hybridized carbons (Fsp3) is 0.500. The van der Waals surface area contributed by atoms with Crippen LogP contribution in [0.3, 0.4) is 0 Å².